The van der Waals surface area contributed by atoms with Gasteiger partial charge in [0.1, 0.15) is 12.4 Å². The van der Waals surface area contributed by atoms with Crippen molar-refractivity contribution in [3.05, 3.63) is 65.7 Å². The molecule has 2 aromatic carbocycles. The molecule has 2 aromatic rings. The zero-order valence-corrected chi connectivity index (χ0v) is 14.9. The van der Waals surface area contributed by atoms with Crippen LogP contribution in [0.15, 0.2) is 54.6 Å². The van der Waals surface area contributed by atoms with Crippen LogP contribution in [0.1, 0.15) is 22.3 Å². The number of nitrogens with zero attached hydrogens (tertiary/aromatic N) is 1. The average Bonchev–Trinajstić information content (AvgIpc) is 3.00. The molecule has 6 heteroatoms. The predicted octanol–water partition coefficient (Wildman–Crippen LogP) is 2.52. The molecule has 0 radical (unpaired) electrons. The summed E-state index contributed by atoms with van der Waals surface area (Å²) in [5.41, 5.74) is 1.52. The van der Waals surface area contributed by atoms with Gasteiger partial charge in [-0.3, -0.25) is 4.79 Å². The van der Waals surface area contributed by atoms with E-state index < -0.39 is 9.84 Å². The number of hydrogen-bond donors (Lipinski definition) is 0. The molecular weight excluding hydrogens is 338 g/mol. The Balaban J connectivity index is 1.60. The van der Waals surface area contributed by atoms with Gasteiger partial charge in [0.05, 0.1) is 11.5 Å². The summed E-state index contributed by atoms with van der Waals surface area (Å²) in [4.78, 5) is 14.1. The lowest BCUT2D eigenvalue weighted by molar-refractivity contribution is 0.0747. The number of carbonyl (C=O) groups excluding carboxylic acids is 1. The van der Waals surface area contributed by atoms with Gasteiger partial charge in [-0.1, -0.05) is 30.3 Å². The summed E-state index contributed by atoms with van der Waals surface area (Å²) >= 11 is 0. The molecule has 1 aliphatic heterocycles. The maximum Gasteiger partial charge on any atom is 0.253 e. The number of amides is 1. The van der Waals surface area contributed by atoms with Crippen molar-refractivity contribution in [1.82, 2.24) is 4.90 Å². The first kappa shape index (κ1) is 17.5. The van der Waals surface area contributed by atoms with Gasteiger partial charge in [0, 0.05) is 18.7 Å². The van der Waals surface area contributed by atoms with Gasteiger partial charge < -0.3 is 9.64 Å². The summed E-state index contributed by atoms with van der Waals surface area (Å²) in [6.45, 7) is 0.426. The minimum Gasteiger partial charge on any atom is -0.489 e. The Morgan fingerprint density at radius 2 is 1.80 bits per heavy atom. The Hall–Kier alpha value is -2.34. The van der Waals surface area contributed by atoms with E-state index >= 15 is 0 Å². The van der Waals surface area contributed by atoms with Crippen LogP contribution in [0.5, 0.6) is 5.75 Å². The molecule has 25 heavy (non-hydrogen) atoms. The third-order valence-electron chi connectivity index (χ3n) is 4.43. The Morgan fingerprint density at radius 1 is 1.12 bits per heavy atom. The molecule has 5 nitrogen and oxygen atoms in total. The van der Waals surface area contributed by atoms with E-state index in [1.165, 1.54) is 0 Å². The second-order valence-electron chi connectivity index (χ2n) is 6.27. The van der Waals surface area contributed by atoms with Crippen molar-refractivity contribution in [2.45, 2.75) is 19.1 Å². The standard InChI is InChI=1S/C19H21NO4S/c1-20(17-11-12-25(22,23)14-17)19(21)16-9-7-15(8-10-16)13-24-18-5-3-2-4-6-18/h2-10,17H,11-14H2,1H3/t17-/m0/s1. The Bertz CT molecular complexity index is 831. The number of carbonyl (C=O) groups is 1. The quantitative estimate of drug-likeness (QED) is 0.823. The molecule has 3 rings (SSSR count). The topological polar surface area (TPSA) is 63.7 Å². The first-order valence-corrected chi connectivity index (χ1v) is 10.0. The molecule has 0 N–H and O–H groups in total. The Kier molecular flexibility index (Phi) is 5.08. The van der Waals surface area contributed by atoms with E-state index in [1.54, 1.807) is 24.1 Å². The van der Waals surface area contributed by atoms with Crippen molar-refractivity contribution in [2.24, 2.45) is 0 Å². The minimum atomic E-state index is -3.01. The van der Waals surface area contributed by atoms with Crippen molar-refractivity contribution in [2.75, 3.05) is 18.6 Å². The first-order chi connectivity index (χ1) is 11.9. The summed E-state index contributed by atoms with van der Waals surface area (Å²) in [6.07, 6.45) is 0.508. The summed E-state index contributed by atoms with van der Waals surface area (Å²) in [5, 5.41) is 0. The van der Waals surface area contributed by atoms with E-state index in [-0.39, 0.29) is 23.5 Å². The minimum absolute atomic E-state index is 0.0538. The van der Waals surface area contributed by atoms with Crippen LogP contribution in [-0.2, 0) is 16.4 Å². The van der Waals surface area contributed by atoms with E-state index in [4.69, 9.17) is 4.74 Å². The highest BCUT2D eigenvalue weighted by Crippen LogP contribution is 2.19. The van der Waals surface area contributed by atoms with Crippen LogP contribution in [0.2, 0.25) is 0 Å². The van der Waals surface area contributed by atoms with Crippen LogP contribution >= 0.6 is 0 Å². The summed E-state index contributed by atoms with van der Waals surface area (Å²) in [6, 6.07) is 16.5. The number of hydrogen-bond acceptors (Lipinski definition) is 4. The van der Waals surface area contributed by atoms with Crippen LogP contribution in [0.3, 0.4) is 0 Å². The second-order valence-corrected chi connectivity index (χ2v) is 8.50. The lowest BCUT2D eigenvalue weighted by Gasteiger charge is -2.23. The van der Waals surface area contributed by atoms with Crippen molar-refractivity contribution >= 4 is 15.7 Å². The number of benzene rings is 2. The molecule has 0 aliphatic carbocycles. The Labute approximate surface area is 148 Å². The fraction of sp³-hybridized carbons (Fsp3) is 0.316. The normalized spacial score (nSPS) is 18.7. The highest BCUT2D eigenvalue weighted by Gasteiger charge is 2.32. The predicted molar refractivity (Wildman–Crippen MR) is 96.4 cm³/mol. The average molecular weight is 359 g/mol. The molecule has 0 spiro atoms. The van der Waals surface area contributed by atoms with E-state index in [1.807, 2.05) is 42.5 Å². The van der Waals surface area contributed by atoms with Crippen molar-refractivity contribution < 1.29 is 17.9 Å². The van der Waals surface area contributed by atoms with Crippen LogP contribution in [0.4, 0.5) is 0 Å². The molecule has 0 unspecified atom stereocenters. The largest absolute Gasteiger partial charge is 0.489 e. The van der Waals surface area contributed by atoms with Gasteiger partial charge in [-0.25, -0.2) is 8.42 Å². The van der Waals surface area contributed by atoms with Crippen molar-refractivity contribution in [3.8, 4) is 5.75 Å². The monoisotopic (exact) mass is 359 g/mol. The molecule has 132 valence electrons. The molecule has 1 heterocycles. The zero-order chi connectivity index (χ0) is 17.9. The lowest BCUT2D eigenvalue weighted by atomic mass is 10.1. The summed E-state index contributed by atoms with van der Waals surface area (Å²) in [5.74, 6) is 0.853. The molecule has 1 saturated heterocycles. The number of para-hydroxylation sites is 1. The molecule has 0 aromatic heterocycles. The van der Waals surface area contributed by atoms with E-state index in [2.05, 4.69) is 0 Å². The lowest BCUT2D eigenvalue weighted by Crippen LogP contribution is -2.37. The molecule has 1 amide bonds. The van der Waals surface area contributed by atoms with Crippen LogP contribution in [0, 0.1) is 0 Å². The Morgan fingerprint density at radius 3 is 2.40 bits per heavy atom. The third kappa shape index (κ3) is 4.39. The summed E-state index contributed by atoms with van der Waals surface area (Å²) < 4.78 is 28.9. The molecular formula is C19H21NO4S. The van der Waals surface area contributed by atoms with E-state index in [0.717, 1.165) is 11.3 Å². The van der Waals surface area contributed by atoms with Crippen LogP contribution in [-0.4, -0.2) is 43.8 Å². The third-order valence-corrected chi connectivity index (χ3v) is 6.18. The van der Waals surface area contributed by atoms with Gasteiger partial charge in [-0.2, -0.15) is 0 Å². The zero-order valence-electron chi connectivity index (χ0n) is 14.1. The van der Waals surface area contributed by atoms with Crippen LogP contribution in [0.25, 0.3) is 0 Å². The number of ether oxygens (including phenoxy) is 1. The first-order valence-electron chi connectivity index (χ1n) is 8.19. The van der Waals surface area contributed by atoms with E-state index in [0.29, 0.717) is 18.6 Å². The van der Waals surface area contributed by atoms with Crippen molar-refractivity contribution in [1.29, 1.82) is 0 Å². The SMILES string of the molecule is CN(C(=O)c1ccc(COc2ccccc2)cc1)[C@H]1CCS(=O)(=O)C1. The fourth-order valence-electron chi connectivity index (χ4n) is 2.88. The smallest absolute Gasteiger partial charge is 0.253 e. The highest BCUT2D eigenvalue weighted by molar-refractivity contribution is 7.91. The van der Waals surface area contributed by atoms with Gasteiger partial charge >= 0.3 is 0 Å². The molecule has 1 fully saturated rings. The van der Waals surface area contributed by atoms with E-state index in [9.17, 15) is 13.2 Å². The maximum atomic E-state index is 12.5. The molecule has 1 aliphatic rings. The fourth-order valence-corrected chi connectivity index (χ4v) is 4.65. The maximum absolute atomic E-state index is 12.5. The molecule has 0 bridgehead atoms. The summed E-state index contributed by atoms with van der Waals surface area (Å²) in [7, 11) is -1.34. The van der Waals surface area contributed by atoms with Gasteiger partial charge in [-0.05, 0) is 36.2 Å². The van der Waals surface area contributed by atoms with Gasteiger partial charge in [0.15, 0.2) is 9.84 Å². The number of sulfone groups is 1. The van der Waals surface area contributed by atoms with Crippen molar-refractivity contribution in [3.63, 3.8) is 0 Å². The molecule has 0 saturated carbocycles. The van der Waals surface area contributed by atoms with Gasteiger partial charge in [-0.15, -0.1) is 0 Å². The van der Waals surface area contributed by atoms with Gasteiger partial charge in [0.25, 0.3) is 5.91 Å². The second kappa shape index (κ2) is 7.27. The number of rotatable bonds is 5. The highest BCUT2D eigenvalue weighted by atomic mass is 32.2. The van der Waals surface area contributed by atoms with Crippen LogP contribution < -0.4 is 4.74 Å². The van der Waals surface area contributed by atoms with Gasteiger partial charge in [0.2, 0.25) is 0 Å². The molecule has 1 atom stereocenters.